The van der Waals surface area contributed by atoms with Crippen molar-refractivity contribution in [1.29, 1.82) is 0 Å². The minimum atomic E-state index is -0.638. The van der Waals surface area contributed by atoms with Crippen LogP contribution < -0.4 is 0 Å². The monoisotopic (exact) mass is 292 g/mol. The van der Waals surface area contributed by atoms with Gasteiger partial charge in [-0.15, -0.1) is 0 Å². The van der Waals surface area contributed by atoms with Gasteiger partial charge >= 0.3 is 0 Å². The molecule has 2 aliphatic carbocycles. The molecule has 0 aromatic heterocycles. The normalized spacial score (nSPS) is 47.5. The third kappa shape index (κ3) is 1.76. The average Bonchev–Trinajstić information content (AvgIpc) is 3.00. The van der Waals surface area contributed by atoms with Crippen molar-refractivity contribution in [2.75, 3.05) is 0 Å². The van der Waals surface area contributed by atoms with Crippen molar-refractivity contribution < 1.29 is 14.3 Å². The number of ketones is 2. The van der Waals surface area contributed by atoms with Crippen molar-refractivity contribution >= 4 is 11.6 Å². The molecule has 0 spiro atoms. The molecule has 3 fully saturated rings. The van der Waals surface area contributed by atoms with Crippen molar-refractivity contribution in [3.8, 4) is 0 Å². The van der Waals surface area contributed by atoms with Gasteiger partial charge < -0.3 is 9.53 Å². The summed E-state index contributed by atoms with van der Waals surface area (Å²) in [7, 11) is 0. The summed E-state index contributed by atoms with van der Waals surface area (Å²) < 4.78 is 6.18. The summed E-state index contributed by atoms with van der Waals surface area (Å²) in [6, 6.07) is 0. The summed E-state index contributed by atoms with van der Waals surface area (Å²) in [4.78, 5) is 24.2. The molecule has 1 heterocycles. The molecule has 3 rings (SSSR count). The number of fused-ring (bicyclic) bond motifs is 3. The molecule has 4 atom stereocenters. The number of hydrogen-bond acceptors (Lipinski definition) is 3. The zero-order valence-electron chi connectivity index (χ0n) is 14.0. The van der Waals surface area contributed by atoms with Crippen LogP contribution in [0.4, 0.5) is 0 Å². The smallest absolute Gasteiger partial charge is 0.167 e. The Labute approximate surface area is 127 Å². The Balaban J connectivity index is 2.01. The quantitative estimate of drug-likeness (QED) is 0.745. The van der Waals surface area contributed by atoms with E-state index in [1.54, 1.807) is 6.92 Å². The van der Waals surface area contributed by atoms with Gasteiger partial charge in [-0.05, 0) is 44.4 Å². The topological polar surface area (TPSA) is 46.7 Å². The zero-order valence-corrected chi connectivity index (χ0v) is 14.0. The summed E-state index contributed by atoms with van der Waals surface area (Å²) in [6.45, 7) is 10.5. The highest BCUT2D eigenvalue weighted by Gasteiger charge is 2.82. The van der Waals surface area contributed by atoms with Crippen LogP contribution in [-0.2, 0) is 14.3 Å². The first-order valence-corrected chi connectivity index (χ1v) is 8.32. The van der Waals surface area contributed by atoms with Crippen LogP contribution >= 0.6 is 0 Å². The van der Waals surface area contributed by atoms with Crippen LogP contribution in [-0.4, -0.2) is 22.8 Å². The standard InChI is InChI=1S/C18H28O3/c1-12(19)7-10-18-16(4)9-6-8-15(2,3)13(16)11-14(20)17(18,5)21-18/h13H,6-11H2,1-5H3/t13?,16-,17+,18-/m0/s1. The van der Waals surface area contributed by atoms with Gasteiger partial charge in [0.2, 0.25) is 0 Å². The molecule has 1 aliphatic heterocycles. The van der Waals surface area contributed by atoms with E-state index < -0.39 is 11.2 Å². The lowest BCUT2D eigenvalue weighted by Gasteiger charge is -2.56. The highest BCUT2D eigenvalue weighted by atomic mass is 16.6. The minimum absolute atomic E-state index is 0.0207. The average molecular weight is 292 g/mol. The van der Waals surface area contributed by atoms with Crippen LogP contribution in [0, 0.1) is 16.7 Å². The molecule has 0 N–H and O–H groups in total. The Bertz CT molecular complexity index is 509. The van der Waals surface area contributed by atoms with E-state index in [1.807, 2.05) is 6.92 Å². The second-order valence-corrected chi connectivity index (χ2v) is 8.60. The van der Waals surface area contributed by atoms with E-state index in [4.69, 9.17) is 4.74 Å². The molecule has 1 saturated heterocycles. The molecule has 3 aliphatic rings. The number of rotatable bonds is 3. The van der Waals surface area contributed by atoms with Gasteiger partial charge in [-0.1, -0.05) is 27.2 Å². The molecular formula is C18H28O3. The van der Waals surface area contributed by atoms with E-state index >= 15 is 0 Å². The molecule has 3 heteroatoms. The summed E-state index contributed by atoms with van der Waals surface area (Å²) >= 11 is 0. The van der Waals surface area contributed by atoms with E-state index in [0.29, 0.717) is 25.2 Å². The van der Waals surface area contributed by atoms with Crippen LogP contribution in [0.15, 0.2) is 0 Å². The van der Waals surface area contributed by atoms with E-state index in [1.165, 1.54) is 12.8 Å². The number of Topliss-reactive ketones (excluding diaryl/α,β-unsaturated/α-hetero) is 2. The summed E-state index contributed by atoms with van der Waals surface area (Å²) in [5, 5.41) is 0. The number of carbonyl (C=O) groups is 2. The fraction of sp³-hybridized carbons (Fsp3) is 0.889. The van der Waals surface area contributed by atoms with Gasteiger partial charge in [-0.3, -0.25) is 4.79 Å². The maximum atomic E-state index is 12.7. The number of epoxide rings is 1. The highest BCUT2D eigenvalue weighted by Crippen LogP contribution is 2.73. The van der Waals surface area contributed by atoms with Crippen molar-refractivity contribution in [3.63, 3.8) is 0 Å². The molecule has 1 unspecified atom stereocenters. The number of hydrogen-bond donors (Lipinski definition) is 0. The summed E-state index contributed by atoms with van der Waals surface area (Å²) in [5.74, 6) is 0.813. The Morgan fingerprint density at radius 1 is 1.24 bits per heavy atom. The van der Waals surface area contributed by atoms with E-state index in [9.17, 15) is 9.59 Å². The van der Waals surface area contributed by atoms with Crippen molar-refractivity contribution in [3.05, 3.63) is 0 Å². The van der Waals surface area contributed by atoms with Crippen LogP contribution in [0.5, 0.6) is 0 Å². The predicted octanol–water partition coefficient (Wildman–Crippen LogP) is 3.69. The number of carbonyl (C=O) groups excluding carboxylic acids is 2. The molecule has 21 heavy (non-hydrogen) atoms. The van der Waals surface area contributed by atoms with Crippen LogP contribution in [0.2, 0.25) is 0 Å². The third-order valence-electron chi connectivity index (χ3n) is 7.01. The maximum absolute atomic E-state index is 12.7. The van der Waals surface area contributed by atoms with Gasteiger partial charge in [0, 0.05) is 18.3 Å². The lowest BCUT2D eigenvalue weighted by atomic mass is 9.45. The lowest BCUT2D eigenvalue weighted by molar-refractivity contribution is -0.136. The van der Waals surface area contributed by atoms with E-state index in [2.05, 4.69) is 20.8 Å². The van der Waals surface area contributed by atoms with Gasteiger partial charge in [0.1, 0.15) is 11.4 Å². The largest absolute Gasteiger partial charge is 0.354 e. The molecular weight excluding hydrogens is 264 g/mol. The molecule has 118 valence electrons. The van der Waals surface area contributed by atoms with E-state index in [-0.39, 0.29) is 22.4 Å². The minimum Gasteiger partial charge on any atom is -0.354 e. The van der Waals surface area contributed by atoms with Crippen molar-refractivity contribution in [2.24, 2.45) is 16.7 Å². The number of ether oxygens (including phenoxy) is 1. The third-order valence-corrected chi connectivity index (χ3v) is 7.01. The molecule has 3 nitrogen and oxygen atoms in total. The summed E-state index contributed by atoms with van der Waals surface area (Å²) in [6.07, 6.45) is 5.35. The second kappa shape index (κ2) is 4.18. The fourth-order valence-corrected chi connectivity index (χ4v) is 5.68. The fourth-order valence-electron chi connectivity index (χ4n) is 5.68. The van der Waals surface area contributed by atoms with Gasteiger partial charge in [0.25, 0.3) is 0 Å². The first-order chi connectivity index (χ1) is 9.59. The van der Waals surface area contributed by atoms with Gasteiger partial charge in [-0.2, -0.15) is 0 Å². The predicted molar refractivity (Wildman–Crippen MR) is 81.0 cm³/mol. The molecule has 0 bridgehead atoms. The molecule has 2 saturated carbocycles. The lowest BCUT2D eigenvalue weighted by Crippen LogP contribution is -2.59. The molecule has 0 aromatic rings. The molecule has 0 aromatic carbocycles. The zero-order chi connectivity index (χ0) is 15.7. The maximum Gasteiger partial charge on any atom is 0.167 e. The first-order valence-electron chi connectivity index (χ1n) is 8.32. The first kappa shape index (κ1) is 15.2. The van der Waals surface area contributed by atoms with Crippen molar-refractivity contribution in [1.82, 2.24) is 0 Å². The van der Waals surface area contributed by atoms with Gasteiger partial charge in [0.15, 0.2) is 11.4 Å². The Hall–Kier alpha value is -0.700. The van der Waals surface area contributed by atoms with Crippen LogP contribution in [0.3, 0.4) is 0 Å². The molecule has 0 radical (unpaired) electrons. The second-order valence-electron chi connectivity index (χ2n) is 8.60. The van der Waals surface area contributed by atoms with Crippen molar-refractivity contribution in [2.45, 2.75) is 84.3 Å². The summed E-state index contributed by atoms with van der Waals surface area (Å²) in [5.41, 5.74) is -0.837. The molecule has 0 amide bonds. The Morgan fingerprint density at radius 2 is 1.90 bits per heavy atom. The highest BCUT2D eigenvalue weighted by molar-refractivity contribution is 5.93. The SMILES string of the molecule is CC(=O)CC[C@@]12O[C@]1(C)C(=O)CC1C(C)(C)CCC[C@@]12C. The van der Waals surface area contributed by atoms with Crippen LogP contribution in [0.1, 0.15) is 73.1 Å². The van der Waals surface area contributed by atoms with E-state index in [0.717, 1.165) is 6.42 Å². The Kier molecular flexibility index (Phi) is 3.03. The van der Waals surface area contributed by atoms with Gasteiger partial charge in [0.05, 0.1) is 0 Å². The Morgan fingerprint density at radius 3 is 2.52 bits per heavy atom. The van der Waals surface area contributed by atoms with Crippen LogP contribution in [0.25, 0.3) is 0 Å². The van der Waals surface area contributed by atoms with Gasteiger partial charge in [-0.25, -0.2) is 0 Å².